The van der Waals surface area contributed by atoms with Crippen molar-refractivity contribution in [3.8, 4) is 5.75 Å². The molecule has 1 aromatic carbocycles. The Hall–Kier alpha value is -2.94. The maximum Gasteiger partial charge on any atom is 0.333 e. The Balaban J connectivity index is 1.58. The van der Waals surface area contributed by atoms with E-state index < -0.39 is 12.5 Å². The standard InChI is InChI=1S/C15H12ClF2N5O2/c16-10-2-1-3-12(6-10)25-9-22-8-11(7-19-22)20-14(24)13-4-5-23(21-13)15(17)18/h1-8,15H,9H2,(H,20,24). The van der Waals surface area contributed by atoms with Gasteiger partial charge in [-0.2, -0.15) is 19.0 Å². The highest BCUT2D eigenvalue weighted by molar-refractivity contribution is 6.30. The van der Waals surface area contributed by atoms with Crippen LogP contribution in [-0.2, 0) is 6.73 Å². The number of benzene rings is 1. The van der Waals surface area contributed by atoms with Crippen molar-refractivity contribution < 1.29 is 18.3 Å². The Bertz CT molecular complexity index is 880. The van der Waals surface area contributed by atoms with Crippen LogP contribution in [0.3, 0.4) is 0 Å². The van der Waals surface area contributed by atoms with E-state index in [9.17, 15) is 13.6 Å². The zero-order chi connectivity index (χ0) is 17.8. The monoisotopic (exact) mass is 367 g/mol. The molecule has 3 aromatic rings. The predicted molar refractivity (Wildman–Crippen MR) is 85.7 cm³/mol. The first-order valence-corrected chi connectivity index (χ1v) is 7.44. The molecule has 10 heteroatoms. The lowest BCUT2D eigenvalue weighted by molar-refractivity contribution is 0.0561. The lowest BCUT2D eigenvalue weighted by atomic mass is 10.3. The van der Waals surface area contributed by atoms with Gasteiger partial charge in [0.2, 0.25) is 0 Å². The molecule has 3 rings (SSSR count). The van der Waals surface area contributed by atoms with Gasteiger partial charge in [0.05, 0.1) is 18.1 Å². The van der Waals surface area contributed by atoms with Crippen LogP contribution in [-0.4, -0.2) is 25.5 Å². The predicted octanol–water partition coefficient (Wildman–Crippen LogP) is 3.42. The topological polar surface area (TPSA) is 74.0 Å². The van der Waals surface area contributed by atoms with E-state index in [1.807, 2.05) is 0 Å². The summed E-state index contributed by atoms with van der Waals surface area (Å²) in [7, 11) is 0. The van der Waals surface area contributed by atoms with Crippen LogP contribution >= 0.6 is 11.6 Å². The summed E-state index contributed by atoms with van der Waals surface area (Å²) in [6.45, 7) is -2.69. The van der Waals surface area contributed by atoms with Gasteiger partial charge in [0, 0.05) is 11.2 Å². The van der Waals surface area contributed by atoms with Crippen molar-refractivity contribution in [3.63, 3.8) is 0 Å². The van der Waals surface area contributed by atoms with Crippen molar-refractivity contribution in [2.24, 2.45) is 0 Å². The zero-order valence-corrected chi connectivity index (χ0v) is 13.4. The summed E-state index contributed by atoms with van der Waals surface area (Å²) in [4.78, 5) is 12.0. The highest BCUT2D eigenvalue weighted by Gasteiger charge is 2.14. The van der Waals surface area contributed by atoms with Crippen LogP contribution in [0.15, 0.2) is 48.9 Å². The number of hydrogen-bond donors (Lipinski definition) is 1. The van der Waals surface area contributed by atoms with Gasteiger partial charge in [-0.15, -0.1) is 0 Å². The van der Waals surface area contributed by atoms with E-state index in [4.69, 9.17) is 16.3 Å². The molecule has 0 fully saturated rings. The number of nitrogens with one attached hydrogen (secondary N) is 1. The molecule has 7 nitrogen and oxygen atoms in total. The molecule has 0 aliphatic carbocycles. The number of carbonyl (C=O) groups excluding carboxylic acids is 1. The van der Waals surface area contributed by atoms with Gasteiger partial charge in [0.15, 0.2) is 12.4 Å². The smallest absolute Gasteiger partial charge is 0.333 e. The molecule has 0 bridgehead atoms. The van der Waals surface area contributed by atoms with Crippen LogP contribution in [0.2, 0.25) is 5.02 Å². The van der Waals surface area contributed by atoms with E-state index in [1.165, 1.54) is 23.1 Å². The van der Waals surface area contributed by atoms with Crippen LogP contribution < -0.4 is 10.1 Å². The van der Waals surface area contributed by atoms with Crippen LogP contribution in [0.25, 0.3) is 0 Å². The van der Waals surface area contributed by atoms with Gasteiger partial charge >= 0.3 is 6.55 Å². The second-order valence-corrected chi connectivity index (χ2v) is 5.35. The summed E-state index contributed by atoms with van der Waals surface area (Å²) in [6.07, 6.45) is 3.97. The first-order chi connectivity index (χ1) is 12.0. The lowest BCUT2D eigenvalue weighted by Crippen LogP contribution is -2.13. The molecule has 0 aliphatic rings. The van der Waals surface area contributed by atoms with Crippen LogP contribution in [0, 0.1) is 0 Å². The van der Waals surface area contributed by atoms with E-state index in [-0.39, 0.29) is 12.4 Å². The number of alkyl halides is 2. The first-order valence-electron chi connectivity index (χ1n) is 7.07. The van der Waals surface area contributed by atoms with Gasteiger partial charge in [-0.05, 0) is 24.3 Å². The molecular weight excluding hydrogens is 356 g/mol. The fourth-order valence-corrected chi connectivity index (χ4v) is 2.14. The maximum atomic E-state index is 12.5. The van der Waals surface area contributed by atoms with Crippen LogP contribution in [0.5, 0.6) is 5.75 Å². The fraction of sp³-hybridized carbons (Fsp3) is 0.133. The number of rotatable bonds is 6. The molecule has 0 radical (unpaired) electrons. The summed E-state index contributed by atoms with van der Waals surface area (Å²) >= 11 is 5.86. The minimum Gasteiger partial charge on any atom is -0.471 e. The molecule has 130 valence electrons. The lowest BCUT2D eigenvalue weighted by Gasteiger charge is -2.06. The molecule has 0 saturated heterocycles. The molecule has 0 aliphatic heterocycles. The number of hydrogen-bond acceptors (Lipinski definition) is 4. The van der Waals surface area contributed by atoms with E-state index in [0.29, 0.717) is 21.1 Å². The second kappa shape index (κ2) is 7.31. The molecule has 1 amide bonds. The Morgan fingerprint density at radius 1 is 1.36 bits per heavy atom. The summed E-state index contributed by atoms with van der Waals surface area (Å²) in [5.74, 6) is -0.0409. The Labute approximate surface area is 145 Å². The summed E-state index contributed by atoms with van der Waals surface area (Å²) in [5.41, 5.74) is 0.259. The summed E-state index contributed by atoms with van der Waals surface area (Å²) in [5, 5.41) is 10.6. The SMILES string of the molecule is O=C(Nc1cnn(COc2cccc(Cl)c2)c1)c1ccn(C(F)F)n1. The molecule has 2 heterocycles. The third-order valence-electron chi connectivity index (χ3n) is 3.09. The molecule has 2 aromatic heterocycles. The minimum absolute atomic E-state index is 0.107. The van der Waals surface area contributed by atoms with Crippen molar-refractivity contribution in [2.45, 2.75) is 13.3 Å². The van der Waals surface area contributed by atoms with Gasteiger partial charge in [-0.1, -0.05) is 17.7 Å². The maximum absolute atomic E-state index is 12.5. The minimum atomic E-state index is -2.80. The summed E-state index contributed by atoms with van der Waals surface area (Å²) < 4.78 is 32.3. The number of amides is 1. The molecule has 0 atom stereocenters. The first kappa shape index (κ1) is 16.9. The van der Waals surface area contributed by atoms with E-state index in [2.05, 4.69) is 15.5 Å². The average Bonchev–Trinajstić information content (AvgIpc) is 3.22. The molecule has 25 heavy (non-hydrogen) atoms. The average molecular weight is 368 g/mol. The van der Waals surface area contributed by atoms with E-state index in [1.54, 1.807) is 24.3 Å². The van der Waals surface area contributed by atoms with E-state index in [0.717, 1.165) is 6.20 Å². The third kappa shape index (κ3) is 4.32. The van der Waals surface area contributed by atoms with Gasteiger partial charge in [0.1, 0.15) is 5.75 Å². The Morgan fingerprint density at radius 2 is 2.20 bits per heavy atom. The number of nitrogens with zero attached hydrogens (tertiary/aromatic N) is 4. The van der Waals surface area contributed by atoms with E-state index >= 15 is 0 Å². The van der Waals surface area contributed by atoms with Crippen LogP contribution in [0.4, 0.5) is 14.5 Å². The fourth-order valence-electron chi connectivity index (χ4n) is 1.96. The molecule has 0 spiro atoms. The van der Waals surface area contributed by atoms with Crippen molar-refractivity contribution in [2.75, 3.05) is 5.32 Å². The van der Waals surface area contributed by atoms with Crippen molar-refractivity contribution in [3.05, 3.63) is 59.6 Å². The number of aromatic nitrogens is 4. The number of halogens is 3. The quantitative estimate of drug-likeness (QED) is 0.724. The van der Waals surface area contributed by atoms with Crippen LogP contribution in [0.1, 0.15) is 17.0 Å². The van der Waals surface area contributed by atoms with Crippen molar-refractivity contribution in [1.29, 1.82) is 0 Å². The highest BCUT2D eigenvalue weighted by Crippen LogP contribution is 2.17. The van der Waals surface area contributed by atoms with Gasteiger partial charge in [0.25, 0.3) is 5.91 Å². The molecule has 0 saturated carbocycles. The zero-order valence-electron chi connectivity index (χ0n) is 12.6. The molecular formula is C15H12ClF2N5O2. The Kier molecular flexibility index (Phi) is 4.94. The normalized spacial score (nSPS) is 10.9. The number of anilines is 1. The van der Waals surface area contributed by atoms with Gasteiger partial charge < -0.3 is 10.1 Å². The highest BCUT2D eigenvalue weighted by atomic mass is 35.5. The van der Waals surface area contributed by atoms with Crippen molar-refractivity contribution in [1.82, 2.24) is 19.6 Å². The summed E-state index contributed by atoms with van der Waals surface area (Å²) in [6, 6.07) is 8.09. The molecule has 1 N–H and O–H groups in total. The largest absolute Gasteiger partial charge is 0.471 e. The molecule has 0 unspecified atom stereocenters. The number of ether oxygens (including phenoxy) is 1. The van der Waals surface area contributed by atoms with Gasteiger partial charge in [-0.3, -0.25) is 4.79 Å². The third-order valence-corrected chi connectivity index (χ3v) is 3.33. The van der Waals surface area contributed by atoms with Crippen molar-refractivity contribution >= 4 is 23.2 Å². The number of carbonyl (C=O) groups is 1. The second-order valence-electron chi connectivity index (χ2n) is 4.91. The van der Waals surface area contributed by atoms with Gasteiger partial charge in [-0.25, -0.2) is 9.36 Å². The Morgan fingerprint density at radius 3 is 2.92 bits per heavy atom.